The summed E-state index contributed by atoms with van der Waals surface area (Å²) in [5.74, 6) is -6.22. The summed E-state index contributed by atoms with van der Waals surface area (Å²) < 4.78 is 41.4. The predicted octanol–water partition coefficient (Wildman–Crippen LogP) is 4.71. The molecule has 0 saturated carbocycles. The zero-order valence-electron chi connectivity index (χ0n) is 18.4. The Kier molecular flexibility index (Phi) is 16.1. The van der Waals surface area contributed by atoms with Gasteiger partial charge in [-0.1, -0.05) is 78.1 Å². The third-order valence-corrected chi connectivity index (χ3v) is 6.23. The van der Waals surface area contributed by atoms with E-state index in [1.165, 1.54) is 0 Å². The van der Waals surface area contributed by atoms with Crippen LogP contribution in [0.5, 0.6) is 0 Å². The smallest absolute Gasteiger partial charge is 0.475 e. The highest BCUT2D eigenvalue weighted by Gasteiger charge is 2.52. The number of rotatable bonds is 21. The second-order valence-electron chi connectivity index (χ2n) is 7.21. The molecule has 0 fully saturated rings. The van der Waals surface area contributed by atoms with E-state index in [1.807, 2.05) is 0 Å². The Labute approximate surface area is 184 Å². The summed E-state index contributed by atoms with van der Waals surface area (Å²) in [6, 6.07) is 0. The van der Waals surface area contributed by atoms with Crippen LogP contribution < -0.4 is 0 Å². The van der Waals surface area contributed by atoms with Crippen LogP contribution in [0.1, 0.15) is 90.9 Å². The Morgan fingerprint density at radius 1 is 0.710 bits per heavy atom. The minimum Gasteiger partial charge on any atom is -0.475 e. The fourth-order valence-electron chi connectivity index (χ4n) is 2.58. The van der Waals surface area contributed by atoms with Gasteiger partial charge in [-0.15, -0.1) is 0 Å². The van der Waals surface area contributed by atoms with Crippen LogP contribution in [-0.2, 0) is 32.0 Å². The van der Waals surface area contributed by atoms with Gasteiger partial charge in [0.05, 0.1) is 13.2 Å². The highest BCUT2D eigenvalue weighted by molar-refractivity contribution is 7.48. The lowest BCUT2D eigenvalue weighted by Gasteiger charge is -2.26. The predicted molar refractivity (Wildman–Crippen MR) is 113 cm³/mol. The number of carboxylic acids is 1. The molecule has 4 N–H and O–H groups in total. The molecule has 13 heteroatoms. The van der Waals surface area contributed by atoms with Crippen LogP contribution in [0.2, 0.25) is 0 Å². The van der Waals surface area contributed by atoms with Gasteiger partial charge in [0.1, 0.15) is 0 Å². The summed E-state index contributed by atoms with van der Waals surface area (Å²) >= 11 is 0. The van der Waals surface area contributed by atoms with E-state index in [4.69, 9.17) is 5.11 Å². The molecule has 0 saturated heterocycles. The maximum atomic E-state index is 11.9. The molecule has 0 bridgehead atoms. The zero-order chi connectivity index (χ0) is 23.8. The van der Waals surface area contributed by atoms with Crippen LogP contribution >= 0.6 is 15.6 Å². The summed E-state index contributed by atoms with van der Waals surface area (Å²) in [6.45, 7) is 3.67. The number of aliphatic carboxylic acids is 1. The molecule has 0 rings (SSSR count). The number of hydrogen-bond acceptors (Lipinski definition) is 8. The Morgan fingerprint density at radius 2 is 1.03 bits per heavy atom. The molecule has 0 spiro atoms. The van der Waals surface area contributed by atoms with E-state index in [0.29, 0.717) is 12.8 Å². The molecule has 0 heterocycles. The van der Waals surface area contributed by atoms with Crippen molar-refractivity contribution in [1.82, 2.24) is 0 Å². The molecule has 0 aliphatic heterocycles. The van der Waals surface area contributed by atoms with Gasteiger partial charge >= 0.3 is 27.6 Å². The van der Waals surface area contributed by atoms with Crippen LogP contribution in [0.4, 0.5) is 0 Å². The van der Waals surface area contributed by atoms with Gasteiger partial charge in [-0.3, -0.25) is 9.05 Å². The topological polar surface area (TPSA) is 169 Å². The molecular weight excluding hydrogens is 454 g/mol. The van der Waals surface area contributed by atoms with Crippen LogP contribution in [0.15, 0.2) is 0 Å². The van der Waals surface area contributed by atoms with Gasteiger partial charge in [-0.2, -0.15) is 0 Å². The molecule has 0 aromatic carbocycles. The van der Waals surface area contributed by atoms with Crippen molar-refractivity contribution in [3.05, 3.63) is 0 Å². The van der Waals surface area contributed by atoms with Gasteiger partial charge in [-0.05, 0) is 12.8 Å². The number of carbonyl (C=O) groups is 1. The monoisotopic (exact) mass is 492 g/mol. The van der Waals surface area contributed by atoms with E-state index in [-0.39, 0.29) is 13.2 Å². The molecule has 0 aliphatic carbocycles. The van der Waals surface area contributed by atoms with Crippen molar-refractivity contribution in [3.63, 3.8) is 0 Å². The maximum absolute atomic E-state index is 11.9. The average molecular weight is 492 g/mol. The van der Waals surface area contributed by atoms with Gasteiger partial charge in [-0.25, -0.2) is 23.0 Å². The van der Waals surface area contributed by atoms with Crippen molar-refractivity contribution < 1.29 is 52.0 Å². The molecule has 2 unspecified atom stereocenters. The molecule has 0 aliphatic rings. The SMILES string of the molecule is CCCCCCCCOP(=O)(O)OC(O)(OP(=O)(O)OCCCCCCCC)C(=O)O. The maximum Gasteiger partial charge on any atom is 0.477 e. The minimum atomic E-state index is -5.11. The Bertz CT molecular complexity index is 545. The first kappa shape index (κ1) is 30.6. The van der Waals surface area contributed by atoms with Gasteiger partial charge in [0, 0.05) is 0 Å². The summed E-state index contributed by atoms with van der Waals surface area (Å²) in [4.78, 5) is 30.6. The second kappa shape index (κ2) is 16.3. The summed E-state index contributed by atoms with van der Waals surface area (Å²) in [7, 11) is -10.2. The number of carboxylic acid groups (broad SMARTS) is 1. The van der Waals surface area contributed by atoms with Crippen LogP contribution in [0, 0.1) is 0 Å². The lowest BCUT2D eigenvalue weighted by atomic mass is 10.1. The van der Waals surface area contributed by atoms with Crippen molar-refractivity contribution in [3.8, 4) is 0 Å². The highest BCUT2D eigenvalue weighted by atomic mass is 31.2. The number of aliphatic hydroxyl groups is 1. The molecule has 31 heavy (non-hydrogen) atoms. The van der Waals surface area contributed by atoms with E-state index < -0.39 is 27.6 Å². The molecule has 0 radical (unpaired) electrons. The first-order valence-corrected chi connectivity index (χ1v) is 13.8. The standard InChI is InChI=1S/C18H38O11P2/c1-3-5-7-9-11-13-15-26-30(22,23)28-18(21,17(19)20)29-31(24,25)27-16-14-12-10-8-6-4-2/h21H,3-16H2,1-2H3,(H,19,20)(H,22,23)(H,24,25). The van der Waals surface area contributed by atoms with Crippen molar-refractivity contribution in [2.24, 2.45) is 0 Å². The first-order valence-electron chi connectivity index (χ1n) is 10.8. The third-order valence-electron chi connectivity index (χ3n) is 4.25. The van der Waals surface area contributed by atoms with Crippen molar-refractivity contribution >= 4 is 21.6 Å². The molecule has 11 nitrogen and oxygen atoms in total. The van der Waals surface area contributed by atoms with Gasteiger partial charge in [0.15, 0.2) is 0 Å². The summed E-state index contributed by atoms with van der Waals surface area (Å²) in [5.41, 5.74) is 0. The lowest BCUT2D eigenvalue weighted by molar-refractivity contribution is -0.282. The summed E-state index contributed by atoms with van der Waals surface area (Å²) in [6.07, 6.45) is 10.4. The van der Waals surface area contributed by atoms with E-state index in [0.717, 1.165) is 64.2 Å². The molecule has 0 amide bonds. The van der Waals surface area contributed by atoms with E-state index in [1.54, 1.807) is 0 Å². The molecule has 0 aromatic rings. The Balaban J connectivity index is 4.53. The van der Waals surface area contributed by atoms with E-state index >= 15 is 0 Å². The number of phosphoric acid groups is 2. The highest BCUT2D eigenvalue weighted by Crippen LogP contribution is 2.53. The van der Waals surface area contributed by atoms with Crippen LogP contribution in [0.25, 0.3) is 0 Å². The molecule has 2 atom stereocenters. The Morgan fingerprint density at radius 3 is 1.35 bits per heavy atom. The van der Waals surface area contributed by atoms with Crippen LogP contribution in [0.3, 0.4) is 0 Å². The fourth-order valence-corrected chi connectivity index (χ4v) is 4.32. The lowest BCUT2D eigenvalue weighted by Crippen LogP contribution is -2.43. The molecular formula is C18H38O11P2. The van der Waals surface area contributed by atoms with Crippen molar-refractivity contribution in [2.45, 2.75) is 96.9 Å². The average Bonchev–Trinajstić information content (AvgIpc) is 2.65. The normalized spacial score (nSPS) is 17.6. The Hall–Kier alpha value is -0.350. The largest absolute Gasteiger partial charge is 0.477 e. The van der Waals surface area contributed by atoms with Crippen molar-refractivity contribution in [2.75, 3.05) is 13.2 Å². The number of phosphoric ester groups is 2. The third kappa shape index (κ3) is 16.0. The number of unbranched alkanes of at least 4 members (excludes halogenated alkanes) is 10. The number of hydrogen-bond donors (Lipinski definition) is 4. The fraction of sp³-hybridized carbons (Fsp3) is 0.944. The zero-order valence-corrected chi connectivity index (χ0v) is 20.2. The minimum absolute atomic E-state index is 0.235. The first-order chi connectivity index (χ1) is 14.5. The van der Waals surface area contributed by atoms with Gasteiger partial charge in [0.2, 0.25) is 0 Å². The van der Waals surface area contributed by atoms with E-state index in [9.17, 15) is 28.8 Å². The quantitative estimate of drug-likeness (QED) is 0.0994. The van der Waals surface area contributed by atoms with Gasteiger partial charge in [0.25, 0.3) is 0 Å². The molecule has 186 valence electrons. The molecule has 0 aromatic heterocycles. The van der Waals surface area contributed by atoms with Crippen LogP contribution in [-0.4, -0.2) is 45.2 Å². The summed E-state index contributed by atoms with van der Waals surface area (Å²) in [5, 5.41) is 19.0. The van der Waals surface area contributed by atoms with Crippen molar-refractivity contribution in [1.29, 1.82) is 0 Å². The second-order valence-corrected chi connectivity index (χ2v) is 9.96. The van der Waals surface area contributed by atoms with E-state index in [2.05, 4.69) is 31.9 Å². The van der Waals surface area contributed by atoms with Gasteiger partial charge < -0.3 is 20.0 Å².